The van der Waals surface area contributed by atoms with Gasteiger partial charge in [0, 0.05) is 16.8 Å². The molecule has 1 aromatic heterocycles. The van der Waals surface area contributed by atoms with E-state index in [2.05, 4.69) is 15.5 Å². The molecule has 6 heteroatoms. The van der Waals surface area contributed by atoms with Gasteiger partial charge in [-0.15, -0.1) is 0 Å². The highest BCUT2D eigenvalue weighted by molar-refractivity contribution is 6.31. The number of H-pyrrole nitrogens is 1. The molecule has 0 spiro atoms. The number of carbonyl (C=O) groups is 1. The minimum atomic E-state index is -0.406. The van der Waals surface area contributed by atoms with Gasteiger partial charge in [0.25, 0.3) is 11.5 Å². The second kappa shape index (κ2) is 5.01. The van der Waals surface area contributed by atoms with Gasteiger partial charge in [-0.2, -0.15) is 5.10 Å². The standard InChI is InChI=1S/C12H10ClN3O2/c1-7-2-3-8(13)6-10(7)14-12(18)9-4-5-11(17)16-15-9/h2-6H,1H3,(H,14,18)(H,16,17). The van der Waals surface area contributed by atoms with Gasteiger partial charge in [0.1, 0.15) is 5.69 Å². The molecule has 2 rings (SSSR count). The van der Waals surface area contributed by atoms with Crippen LogP contribution in [0.5, 0.6) is 0 Å². The summed E-state index contributed by atoms with van der Waals surface area (Å²) in [4.78, 5) is 22.7. The Morgan fingerprint density at radius 1 is 1.33 bits per heavy atom. The molecular formula is C12H10ClN3O2. The number of amides is 1. The van der Waals surface area contributed by atoms with Crippen LogP contribution in [0.25, 0.3) is 0 Å². The van der Waals surface area contributed by atoms with Gasteiger partial charge >= 0.3 is 0 Å². The van der Waals surface area contributed by atoms with Crippen LogP contribution < -0.4 is 10.9 Å². The highest BCUT2D eigenvalue weighted by atomic mass is 35.5. The lowest BCUT2D eigenvalue weighted by atomic mass is 10.2. The zero-order valence-electron chi connectivity index (χ0n) is 9.53. The quantitative estimate of drug-likeness (QED) is 0.870. The Morgan fingerprint density at radius 2 is 2.11 bits per heavy atom. The number of rotatable bonds is 2. The smallest absolute Gasteiger partial charge is 0.276 e. The average Bonchev–Trinajstić information content (AvgIpc) is 2.34. The summed E-state index contributed by atoms with van der Waals surface area (Å²) in [6.07, 6.45) is 0. The number of hydrogen-bond acceptors (Lipinski definition) is 3. The molecule has 0 saturated carbocycles. The first-order valence-corrected chi connectivity index (χ1v) is 5.57. The lowest BCUT2D eigenvalue weighted by Crippen LogP contribution is -2.17. The first kappa shape index (κ1) is 12.3. The van der Waals surface area contributed by atoms with E-state index in [-0.39, 0.29) is 11.3 Å². The van der Waals surface area contributed by atoms with E-state index < -0.39 is 5.91 Å². The normalized spacial score (nSPS) is 10.1. The maximum absolute atomic E-state index is 11.9. The highest BCUT2D eigenvalue weighted by Gasteiger charge is 2.09. The predicted molar refractivity (Wildman–Crippen MR) is 69.0 cm³/mol. The molecule has 0 fully saturated rings. The van der Waals surface area contributed by atoms with Crippen molar-refractivity contribution in [3.63, 3.8) is 0 Å². The van der Waals surface area contributed by atoms with Gasteiger partial charge in [0.15, 0.2) is 0 Å². The second-order valence-electron chi connectivity index (χ2n) is 3.72. The predicted octanol–water partition coefficient (Wildman–Crippen LogP) is 1.98. The molecule has 0 saturated heterocycles. The van der Waals surface area contributed by atoms with E-state index in [0.29, 0.717) is 10.7 Å². The van der Waals surface area contributed by atoms with E-state index in [4.69, 9.17) is 11.6 Å². The van der Waals surface area contributed by atoms with Crippen LogP contribution in [0.3, 0.4) is 0 Å². The molecule has 0 aliphatic heterocycles. The molecule has 0 bridgehead atoms. The highest BCUT2D eigenvalue weighted by Crippen LogP contribution is 2.20. The van der Waals surface area contributed by atoms with Crippen molar-refractivity contribution in [3.8, 4) is 0 Å². The van der Waals surface area contributed by atoms with Crippen LogP contribution in [0.4, 0.5) is 5.69 Å². The first-order valence-electron chi connectivity index (χ1n) is 5.19. The topological polar surface area (TPSA) is 74.8 Å². The number of nitrogens with zero attached hydrogens (tertiary/aromatic N) is 1. The molecule has 0 aliphatic rings. The van der Waals surface area contributed by atoms with Crippen molar-refractivity contribution >= 4 is 23.2 Å². The van der Waals surface area contributed by atoms with Crippen LogP contribution in [0, 0.1) is 6.92 Å². The molecule has 1 amide bonds. The minimum absolute atomic E-state index is 0.133. The maximum atomic E-state index is 11.9. The van der Waals surface area contributed by atoms with E-state index in [9.17, 15) is 9.59 Å². The molecule has 5 nitrogen and oxygen atoms in total. The van der Waals surface area contributed by atoms with Gasteiger partial charge in [-0.05, 0) is 30.7 Å². The summed E-state index contributed by atoms with van der Waals surface area (Å²) in [5.41, 5.74) is 1.28. The van der Waals surface area contributed by atoms with E-state index in [1.165, 1.54) is 12.1 Å². The zero-order chi connectivity index (χ0) is 13.1. The summed E-state index contributed by atoms with van der Waals surface area (Å²) in [5.74, 6) is -0.406. The van der Waals surface area contributed by atoms with E-state index in [0.717, 1.165) is 5.56 Å². The van der Waals surface area contributed by atoms with E-state index >= 15 is 0 Å². The Kier molecular flexibility index (Phi) is 3.43. The number of aryl methyl sites for hydroxylation is 1. The van der Waals surface area contributed by atoms with Gasteiger partial charge in [-0.1, -0.05) is 17.7 Å². The van der Waals surface area contributed by atoms with Crippen molar-refractivity contribution in [2.75, 3.05) is 5.32 Å². The minimum Gasteiger partial charge on any atom is -0.320 e. The van der Waals surface area contributed by atoms with Gasteiger partial charge in [0.2, 0.25) is 0 Å². The Labute approximate surface area is 108 Å². The van der Waals surface area contributed by atoms with Crippen molar-refractivity contribution < 1.29 is 4.79 Å². The van der Waals surface area contributed by atoms with E-state index in [1.54, 1.807) is 18.2 Å². The number of anilines is 1. The fraction of sp³-hybridized carbons (Fsp3) is 0.0833. The fourth-order valence-electron chi connectivity index (χ4n) is 1.39. The van der Waals surface area contributed by atoms with Crippen molar-refractivity contribution in [2.45, 2.75) is 6.92 Å². The van der Waals surface area contributed by atoms with Gasteiger partial charge < -0.3 is 5.32 Å². The number of aromatic nitrogens is 2. The molecular weight excluding hydrogens is 254 g/mol. The van der Waals surface area contributed by atoms with Crippen molar-refractivity contribution in [3.05, 3.63) is 57.0 Å². The summed E-state index contributed by atoms with van der Waals surface area (Å²) in [5, 5.41) is 9.06. The lowest BCUT2D eigenvalue weighted by Gasteiger charge is -2.07. The van der Waals surface area contributed by atoms with Gasteiger partial charge in [0.05, 0.1) is 0 Å². The molecule has 0 atom stereocenters. The molecule has 2 N–H and O–H groups in total. The van der Waals surface area contributed by atoms with Crippen LogP contribution in [0.1, 0.15) is 16.1 Å². The first-order chi connectivity index (χ1) is 8.56. The zero-order valence-corrected chi connectivity index (χ0v) is 10.3. The Morgan fingerprint density at radius 3 is 2.78 bits per heavy atom. The van der Waals surface area contributed by atoms with Crippen LogP contribution in [0.2, 0.25) is 5.02 Å². The van der Waals surface area contributed by atoms with Gasteiger partial charge in [-0.25, -0.2) is 5.10 Å². The summed E-state index contributed by atoms with van der Waals surface area (Å²) in [6.45, 7) is 1.85. The third kappa shape index (κ3) is 2.75. The number of nitrogens with one attached hydrogen (secondary N) is 2. The number of halogens is 1. The summed E-state index contributed by atoms with van der Waals surface area (Å²) >= 11 is 5.85. The average molecular weight is 264 g/mol. The summed E-state index contributed by atoms with van der Waals surface area (Å²) < 4.78 is 0. The third-order valence-electron chi connectivity index (χ3n) is 2.36. The molecule has 92 valence electrons. The molecule has 1 heterocycles. The maximum Gasteiger partial charge on any atom is 0.276 e. The molecule has 0 aliphatic carbocycles. The van der Waals surface area contributed by atoms with Crippen molar-refractivity contribution in [1.29, 1.82) is 0 Å². The second-order valence-corrected chi connectivity index (χ2v) is 4.16. The monoisotopic (exact) mass is 263 g/mol. The molecule has 0 unspecified atom stereocenters. The van der Waals surface area contributed by atoms with Crippen molar-refractivity contribution in [2.24, 2.45) is 0 Å². The molecule has 2 aromatic rings. The Hall–Kier alpha value is -2.14. The molecule has 0 radical (unpaired) electrons. The number of hydrogen-bond donors (Lipinski definition) is 2. The van der Waals surface area contributed by atoms with Crippen LogP contribution in [-0.2, 0) is 0 Å². The fourth-order valence-corrected chi connectivity index (χ4v) is 1.56. The van der Waals surface area contributed by atoms with Crippen LogP contribution in [-0.4, -0.2) is 16.1 Å². The largest absolute Gasteiger partial charge is 0.320 e. The summed E-state index contributed by atoms with van der Waals surface area (Å²) in [6, 6.07) is 7.80. The summed E-state index contributed by atoms with van der Waals surface area (Å²) in [7, 11) is 0. The van der Waals surface area contributed by atoms with Crippen LogP contribution >= 0.6 is 11.6 Å². The number of carbonyl (C=O) groups excluding carboxylic acids is 1. The van der Waals surface area contributed by atoms with Crippen LogP contribution in [0.15, 0.2) is 35.1 Å². The number of aromatic amines is 1. The van der Waals surface area contributed by atoms with Gasteiger partial charge in [-0.3, -0.25) is 9.59 Å². The molecule has 1 aromatic carbocycles. The lowest BCUT2D eigenvalue weighted by molar-refractivity contribution is 0.102. The SMILES string of the molecule is Cc1ccc(Cl)cc1NC(=O)c1ccc(=O)[nH]n1. The Bertz CT molecular complexity index is 632. The van der Waals surface area contributed by atoms with Crippen molar-refractivity contribution in [1.82, 2.24) is 10.2 Å². The molecule has 18 heavy (non-hydrogen) atoms. The Balaban J connectivity index is 2.23. The number of benzene rings is 1. The third-order valence-corrected chi connectivity index (χ3v) is 2.59. The van der Waals surface area contributed by atoms with E-state index in [1.807, 2.05) is 6.92 Å².